The Morgan fingerprint density at radius 2 is 1.68 bits per heavy atom. The Balaban J connectivity index is 1.17. The van der Waals surface area contributed by atoms with Crippen molar-refractivity contribution in [1.29, 1.82) is 0 Å². The van der Waals surface area contributed by atoms with Crippen LogP contribution in [-0.2, 0) is 6.42 Å². The number of amides is 3. The van der Waals surface area contributed by atoms with Gasteiger partial charge >= 0.3 is 6.09 Å². The van der Waals surface area contributed by atoms with Gasteiger partial charge in [-0.1, -0.05) is 24.3 Å². The van der Waals surface area contributed by atoms with Gasteiger partial charge in [-0.3, -0.25) is 19.4 Å². The van der Waals surface area contributed by atoms with Crippen LogP contribution in [0.4, 0.5) is 4.79 Å². The van der Waals surface area contributed by atoms with E-state index in [9.17, 15) is 14.4 Å². The average molecular weight is 462 g/mol. The van der Waals surface area contributed by atoms with Gasteiger partial charge in [0.15, 0.2) is 0 Å². The molecule has 2 aromatic rings. The Hall–Kier alpha value is -3.19. The fourth-order valence-corrected chi connectivity index (χ4v) is 5.74. The molecule has 7 nitrogen and oxygen atoms in total. The van der Waals surface area contributed by atoms with Crippen LogP contribution in [0, 0.1) is 0 Å². The first-order valence-corrected chi connectivity index (χ1v) is 12.2. The van der Waals surface area contributed by atoms with E-state index in [1.807, 2.05) is 12.1 Å². The molecular weight excluding hydrogens is 430 g/mol. The van der Waals surface area contributed by atoms with Crippen molar-refractivity contribution in [2.75, 3.05) is 33.7 Å². The van der Waals surface area contributed by atoms with E-state index in [1.165, 1.54) is 20.9 Å². The lowest BCUT2D eigenvalue weighted by molar-refractivity contribution is 0.0649. The van der Waals surface area contributed by atoms with E-state index in [1.54, 1.807) is 38.4 Å². The molecule has 2 aromatic carbocycles. The largest absolute Gasteiger partial charge is 0.414 e. The zero-order valence-corrected chi connectivity index (χ0v) is 19.8. The zero-order chi connectivity index (χ0) is 23.8. The minimum atomic E-state index is -0.346. The summed E-state index contributed by atoms with van der Waals surface area (Å²) >= 11 is 0. The first-order chi connectivity index (χ1) is 16.5. The van der Waals surface area contributed by atoms with Crippen LogP contribution in [-0.4, -0.2) is 72.4 Å². The SMILES string of the molecule is CN(C)C(=O)Oc1cccc2c1CC[C@H]1[C@@H]2CCN1CCCCN1C(=O)c2ccccc2C1=O. The molecule has 0 bridgehead atoms. The summed E-state index contributed by atoms with van der Waals surface area (Å²) in [5.41, 5.74) is 3.53. The molecule has 178 valence electrons. The number of hydrogen-bond donors (Lipinski definition) is 0. The summed E-state index contributed by atoms with van der Waals surface area (Å²) in [6.45, 7) is 2.48. The number of imide groups is 1. The van der Waals surface area contributed by atoms with Crippen LogP contribution in [0.25, 0.3) is 0 Å². The highest BCUT2D eigenvalue weighted by Crippen LogP contribution is 2.44. The highest BCUT2D eigenvalue weighted by molar-refractivity contribution is 6.21. The van der Waals surface area contributed by atoms with Crippen LogP contribution >= 0.6 is 0 Å². The molecule has 3 aliphatic rings. The third-order valence-corrected chi connectivity index (χ3v) is 7.44. The monoisotopic (exact) mass is 461 g/mol. The summed E-state index contributed by atoms with van der Waals surface area (Å²) in [6, 6.07) is 13.6. The molecule has 0 N–H and O–H groups in total. The van der Waals surface area contributed by atoms with Crippen molar-refractivity contribution in [1.82, 2.24) is 14.7 Å². The number of benzene rings is 2. The average Bonchev–Trinajstić information content (AvgIpc) is 3.36. The summed E-state index contributed by atoms with van der Waals surface area (Å²) in [5, 5.41) is 0. The fraction of sp³-hybridized carbons (Fsp3) is 0.444. The predicted octanol–water partition coefficient (Wildman–Crippen LogP) is 3.93. The quantitative estimate of drug-likeness (QED) is 0.482. The molecule has 2 atom stereocenters. The maximum atomic E-state index is 12.6. The Bertz CT molecular complexity index is 1090. The summed E-state index contributed by atoms with van der Waals surface area (Å²) in [4.78, 5) is 42.6. The van der Waals surface area contributed by atoms with Crippen molar-refractivity contribution in [2.24, 2.45) is 0 Å². The first kappa shape index (κ1) is 22.6. The Morgan fingerprint density at radius 1 is 0.971 bits per heavy atom. The smallest absolute Gasteiger partial charge is 0.410 e. The van der Waals surface area contributed by atoms with Gasteiger partial charge in [0.05, 0.1) is 11.1 Å². The van der Waals surface area contributed by atoms with Crippen LogP contribution in [0.3, 0.4) is 0 Å². The lowest BCUT2D eigenvalue weighted by Crippen LogP contribution is -2.36. The van der Waals surface area contributed by atoms with Crippen molar-refractivity contribution in [3.8, 4) is 5.75 Å². The Morgan fingerprint density at radius 3 is 2.38 bits per heavy atom. The van der Waals surface area contributed by atoms with Crippen molar-refractivity contribution in [2.45, 2.75) is 44.1 Å². The highest BCUT2D eigenvalue weighted by atomic mass is 16.6. The standard InChI is InChI=1S/C27H31N3O4/c1-28(2)27(33)34-24-11-7-10-18-19-14-17-29(23(19)13-12-20(18)24)15-5-6-16-30-25(31)21-8-3-4-9-22(21)26(30)32/h3-4,7-11,19,23H,5-6,12-17H2,1-2H3/t19-,23+/m1/s1. The Kier molecular flexibility index (Phi) is 6.13. The van der Waals surface area contributed by atoms with E-state index in [2.05, 4.69) is 11.0 Å². The zero-order valence-electron chi connectivity index (χ0n) is 19.8. The topological polar surface area (TPSA) is 70.2 Å². The third-order valence-electron chi connectivity index (χ3n) is 7.44. The molecule has 0 saturated carbocycles. The van der Waals surface area contributed by atoms with E-state index in [0.717, 1.165) is 45.2 Å². The molecule has 2 heterocycles. The van der Waals surface area contributed by atoms with Crippen LogP contribution in [0.2, 0.25) is 0 Å². The van der Waals surface area contributed by atoms with Gasteiger partial charge in [0, 0.05) is 32.6 Å². The number of likely N-dealkylation sites (tertiary alicyclic amines) is 1. The molecule has 0 spiro atoms. The molecule has 1 saturated heterocycles. The van der Waals surface area contributed by atoms with Crippen molar-refractivity contribution in [3.05, 3.63) is 64.7 Å². The number of unbranched alkanes of at least 4 members (excludes halogenated alkanes) is 1. The molecule has 0 radical (unpaired) electrons. The highest BCUT2D eigenvalue weighted by Gasteiger charge is 2.39. The minimum absolute atomic E-state index is 0.170. The normalized spacial score (nSPS) is 21.3. The lowest BCUT2D eigenvalue weighted by atomic mass is 9.79. The second-order valence-electron chi connectivity index (χ2n) is 9.64. The van der Waals surface area contributed by atoms with E-state index in [-0.39, 0.29) is 17.9 Å². The molecule has 1 aliphatic carbocycles. The number of ether oxygens (including phenoxy) is 1. The van der Waals surface area contributed by atoms with Gasteiger partial charge in [-0.25, -0.2) is 4.79 Å². The van der Waals surface area contributed by atoms with Crippen molar-refractivity contribution in [3.63, 3.8) is 0 Å². The summed E-state index contributed by atoms with van der Waals surface area (Å²) in [5.74, 6) is 0.806. The van der Waals surface area contributed by atoms with Crippen LogP contribution < -0.4 is 4.74 Å². The van der Waals surface area contributed by atoms with Gasteiger partial charge in [-0.2, -0.15) is 0 Å². The fourth-order valence-electron chi connectivity index (χ4n) is 5.74. The molecule has 7 heteroatoms. The van der Waals surface area contributed by atoms with E-state index in [0.29, 0.717) is 35.4 Å². The van der Waals surface area contributed by atoms with Gasteiger partial charge in [0.25, 0.3) is 11.8 Å². The van der Waals surface area contributed by atoms with E-state index >= 15 is 0 Å². The molecule has 5 rings (SSSR count). The van der Waals surface area contributed by atoms with Gasteiger partial charge in [-0.05, 0) is 74.5 Å². The second-order valence-corrected chi connectivity index (χ2v) is 9.64. The van der Waals surface area contributed by atoms with Crippen LogP contribution in [0.1, 0.15) is 63.4 Å². The van der Waals surface area contributed by atoms with Gasteiger partial charge in [0.2, 0.25) is 0 Å². The van der Waals surface area contributed by atoms with Crippen LogP contribution in [0.5, 0.6) is 5.75 Å². The second kappa shape index (κ2) is 9.22. The first-order valence-electron chi connectivity index (χ1n) is 12.2. The summed E-state index contributed by atoms with van der Waals surface area (Å²) in [7, 11) is 3.38. The van der Waals surface area contributed by atoms with Gasteiger partial charge in [0.1, 0.15) is 5.75 Å². The van der Waals surface area contributed by atoms with E-state index < -0.39 is 0 Å². The number of hydrogen-bond acceptors (Lipinski definition) is 5. The van der Waals surface area contributed by atoms with Crippen molar-refractivity contribution < 1.29 is 19.1 Å². The molecule has 34 heavy (non-hydrogen) atoms. The van der Waals surface area contributed by atoms with Crippen LogP contribution in [0.15, 0.2) is 42.5 Å². The number of rotatable bonds is 6. The number of carbonyl (C=O) groups excluding carboxylic acids is 3. The molecular formula is C27H31N3O4. The summed E-state index contributed by atoms with van der Waals surface area (Å²) < 4.78 is 5.63. The van der Waals surface area contributed by atoms with Gasteiger partial charge < -0.3 is 9.64 Å². The van der Waals surface area contributed by atoms with E-state index in [4.69, 9.17) is 4.74 Å². The predicted molar refractivity (Wildman–Crippen MR) is 128 cm³/mol. The number of fused-ring (bicyclic) bond motifs is 4. The molecule has 0 aromatic heterocycles. The molecule has 1 fully saturated rings. The van der Waals surface area contributed by atoms with Crippen molar-refractivity contribution >= 4 is 17.9 Å². The molecule has 3 amide bonds. The lowest BCUT2D eigenvalue weighted by Gasteiger charge is -2.34. The summed E-state index contributed by atoms with van der Waals surface area (Å²) in [6.07, 6.45) is 4.46. The maximum absolute atomic E-state index is 12.6. The Labute approximate surface area is 200 Å². The number of nitrogens with zero attached hydrogens (tertiary/aromatic N) is 3. The molecule has 0 unspecified atom stereocenters. The third kappa shape index (κ3) is 3.98. The molecule has 2 aliphatic heterocycles. The minimum Gasteiger partial charge on any atom is -0.410 e. The van der Waals surface area contributed by atoms with Gasteiger partial charge in [-0.15, -0.1) is 0 Å². The maximum Gasteiger partial charge on any atom is 0.414 e. The number of carbonyl (C=O) groups is 3.